The zero-order valence-electron chi connectivity index (χ0n) is 16.2. The third kappa shape index (κ3) is 4.37. The molecular weight excluding hydrogens is 338 g/mol. The lowest BCUT2D eigenvalue weighted by molar-refractivity contribution is 0.0949. The Morgan fingerprint density at radius 2 is 1.81 bits per heavy atom. The van der Waals surface area contributed by atoms with E-state index >= 15 is 0 Å². The Kier molecular flexibility index (Phi) is 5.60. The van der Waals surface area contributed by atoms with Crippen LogP contribution in [0.5, 0.6) is 5.75 Å². The third-order valence-corrected chi connectivity index (χ3v) is 4.65. The molecule has 0 saturated heterocycles. The van der Waals surface area contributed by atoms with Crippen LogP contribution in [0.4, 0.5) is 0 Å². The Morgan fingerprint density at radius 1 is 1.07 bits per heavy atom. The number of aryl methyl sites for hydroxylation is 2. The number of methoxy groups -OCH3 is 1. The van der Waals surface area contributed by atoms with E-state index in [2.05, 4.69) is 41.6 Å². The molecule has 0 aliphatic rings. The van der Waals surface area contributed by atoms with Gasteiger partial charge in [-0.25, -0.2) is 0 Å². The summed E-state index contributed by atoms with van der Waals surface area (Å²) in [6, 6.07) is 16.0. The molecule has 0 spiro atoms. The van der Waals surface area contributed by atoms with E-state index in [4.69, 9.17) is 4.74 Å². The number of amides is 1. The molecule has 27 heavy (non-hydrogen) atoms. The van der Waals surface area contributed by atoms with Crippen LogP contribution in [0.25, 0.3) is 0 Å². The predicted molar refractivity (Wildman–Crippen MR) is 106 cm³/mol. The number of benzene rings is 2. The summed E-state index contributed by atoms with van der Waals surface area (Å²) in [6.07, 6.45) is 0. The molecule has 0 aliphatic carbocycles. The number of ether oxygens (including phenoxy) is 1. The molecule has 0 aliphatic heterocycles. The van der Waals surface area contributed by atoms with Gasteiger partial charge in [-0.2, -0.15) is 5.10 Å². The van der Waals surface area contributed by atoms with Gasteiger partial charge < -0.3 is 10.1 Å². The smallest absolute Gasteiger partial charge is 0.255 e. The minimum absolute atomic E-state index is 0.108. The van der Waals surface area contributed by atoms with Gasteiger partial charge in [0, 0.05) is 12.2 Å². The number of hydrogen-bond acceptors (Lipinski definition) is 3. The van der Waals surface area contributed by atoms with Crippen molar-refractivity contribution in [2.75, 3.05) is 7.11 Å². The number of nitrogens with zero attached hydrogens (tertiary/aromatic N) is 2. The van der Waals surface area contributed by atoms with E-state index in [9.17, 15) is 4.79 Å². The van der Waals surface area contributed by atoms with Crippen LogP contribution in [0.2, 0.25) is 0 Å². The average molecular weight is 363 g/mol. The SMILES string of the molecule is COc1cccc(CNC(=O)c2c(C)nn(Cc3ccc(C)cc3)c2C)c1. The van der Waals surface area contributed by atoms with Crippen molar-refractivity contribution in [1.29, 1.82) is 0 Å². The highest BCUT2D eigenvalue weighted by Crippen LogP contribution is 2.16. The van der Waals surface area contributed by atoms with E-state index in [-0.39, 0.29) is 5.91 Å². The molecule has 5 heteroatoms. The largest absolute Gasteiger partial charge is 0.497 e. The first-order chi connectivity index (χ1) is 13.0. The fraction of sp³-hybridized carbons (Fsp3) is 0.273. The van der Waals surface area contributed by atoms with E-state index < -0.39 is 0 Å². The summed E-state index contributed by atoms with van der Waals surface area (Å²) in [5, 5.41) is 7.55. The highest BCUT2D eigenvalue weighted by atomic mass is 16.5. The van der Waals surface area contributed by atoms with Crippen LogP contribution in [0.3, 0.4) is 0 Å². The number of carbonyl (C=O) groups is 1. The van der Waals surface area contributed by atoms with E-state index in [0.717, 1.165) is 28.3 Å². The van der Waals surface area contributed by atoms with Gasteiger partial charge in [-0.05, 0) is 44.0 Å². The van der Waals surface area contributed by atoms with Crippen LogP contribution in [-0.4, -0.2) is 22.8 Å². The summed E-state index contributed by atoms with van der Waals surface area (Å²) >= 11 is 0. The van der Waals surface area contributed by atoms with Crippen LogP contribution in [-0.2, 0) is 13.1 Å². The van der Waals surface area contributed by atoms with Crippen molar-refractivity contribution in [3.05, 3.63) is 82.2 Å². The monoisotopic (exact) mass is 363 g/mol. The van der Waals surface area contributed by atoms with Crippen LogP contribution < -0.4 is 10.1 Å². The molecule has 1 N–H and O–H groups in total. The quantitative estimate of drug-likeness (QED) is 0.725. The standard InChI is InChI=1S/C22H25N3O2/c1-15-8-10-18(11-9-15)14-25-17(3)21(16(2)24-25)22(26)23-13-19-6-5-7-20(12-19)27-4/h5-12H,13-14H2,1-4H3,(H,23,26). The van der Waals surface area contributed by atoms with E-state index in [1.807, 2.05) is 42.8 Å². The minimum Gasteiger partial charge on any atom is -0.497 e. The third-order valence-electron chi connectivity index (χ3n) is 4.65. The summed E-state index contributed by atoms with van der Waals surface area (Å²) < 4.78 is 7.12. The van der Waals surface area contributed by atoms with Gasteiger partial charge in [-0.3, -0.25) is 9.48 Å². The Bertz CT molecular complexity index is 943. The number of hydrogen-bond donors (Lipinski definition) is 1. The maximum absolute atomic E-state index is 12.7. The molecule has 0 fully saturated rings. The van der Waals surface area contributed by atoms with Crippen molar-refractivity contribution in [2.24, 2.45) is 0 Å². The van der Waals surface area contributed by atoms with Crippen molar-refractivity contribution in [3.8, 4) is 5.75 Å². The van der Waals surface area contributed by atoms with Crippen molar-refractivity contribution < 1.29 is 9.53 Å². The number of rotatable bonds is 6. The molecule has 0 radical (unpaired) electrons. The topological polar surface area (TPSA) is 56.1 Å². The van der Waals surface area contributed by atoms with E-state index in [0.29, 0.717) is 18.7 Å². The molecule has 2 aromatic carbocycles. The number of aromatic nitrogens is 2. The van der Waals surface area contributed by atoms with Gasteiger partial charge in [0.1, 0.15) is 5.75 Å². The van der Waals surface area contributed by atoms with Gasteiger partial charge in [-0.1, -0.05) is 42.0 Å². The normalized spacial score (nSPS) is 10.7. The molecule has 0 bridgehead atoms. The molecular formula is C22H25N3O2. The van der Waals surface area contributed by atoms with E-state index in [1.54, 1.807) is 7.11 Å². The van der Waals surface area contributed by atoms with Gasteiger partial charge in [-0.15, -0.1) is 0 Å². The first-order valence-electron chi connectivity index (χ1n) is 8.98. The van der Waals surface area contributed by atoms with Gasteiger partial charge in [0.2, 0.25) is 0 Å². The van der Waals surface area contributed by atoms with Gasteiger partial charge >= 0.3 is 0 Å². The molecule has 3 rings (SSSR count). The first kappa shape index (κ1) is 18.7. The average Bonchev–Trinajstić information content (AvgIpc) is 2.95. The van der Waals surface area contributed by atoms with Gasteiger partial charge in [0.15, 0.2) is 0 Å². The molecule has 3 aromatic rings. The Morgan fingerprint density at radius 3 is 2.52 bits per heavy atom. The highest BCUT2D eigenvalue weighted by Gasteiger charge is 2.18. The van der Waals surface area contributed by atoms with Crippen LogP contribution in [0.1, 0.15) is 38.4 Å². The van der Waals surface area contributed by atoms with Crippen molar-refractivity contribution in [1.82, 2.24) is 15.1 Å². The van der Waals surface area contributed by atoms with Crippen LogP contribution in [0.15, 0.2) is 48.5 Å². The predicted octanol–water partition coefficient (Wildman–Crippen LogP) is 3.80. The zero-order valence-corrected chi connectivity index (χ0v) is 16.2. The summed E-state index contributed by atoms with van der Waals surface area (Å²) in [5.41, 5.74) is 5.63. The summed E-state index contributed by atoms with van der Waals surface area (Å²) in [7, 11) is 1.63. The van der Waals surface area contributed by atoms with Crippen molar-refractivity contribution in [2.45, 2.75) is 33.9 Å². The Labute approximate surface area is 160 Å². The lowest BCUT2D eigenvalue weighted by Crippen LogP contribution is -2.24. The second-order valence-electron chi connectivity index (χ2n) is 6.72. The van der Waals surface area contributed by atoms with Crippen molar-refractivity contribution >= 4 is 5.91 Å². The summed E-state index contributed by atoms with van der Waals surface area (Å²) in [6.45, 7) is 6.97. The van der Waals surface area contributed by atoms with Gasteiger partial charge in [0.05, 0.1) is 24.9 Å². The fourth-order valence-corrected chi connectivity index (χ4v) is 3.10. The fourth-order valence-electron chi connectivity index (χ4n) is 3.10. The number of carbonyl (C=O) groups excluding carboxylic acids is 1. The Hall–Kier alpha value is -3.08. The molecule has 1 heterocycles. The molecule has 1 amide bonds. The molecule has 0 atom stereocenters. The van der Waals surface area contributed by atoms with Crippen LogP contribution in [0, 0.1) is 20.8 Å². The molecule has 0 unspecified atom stereocenters. The Balaban J connectivity index is 1.73. The second-order valence-corrected chi connectivity index (χ2v) is 6.72. The maximum atomic E-state index is 12.7. The highest BCUT2D eigenvalue weighted by molar-refractivity contribution is 5.96. The zero-order chi connectivity index (χ0) is 19.4. The van der Waals surface area contributed by atoms with E-state index in [1.165, 1.54) is 5.56 Å². The van der Waals surface area contributed by atoms with Gasteiger partial charge in [0.25, 0.3) is 5.91 Å². The lowest BCUT2D eigenvalue weighted by Gasteiger charge is -2.08. The number of nitrogens with one attached hydrogen (secondary N) is 1. The van der Waals surface area contributed by atoms with Crippen LogP contribution >= 0.6 is 0 Å². The molecule has 1 aromatic heterocycles. The summed E-state index contributed by atoms with van der Waals surface area (Å²) in [4.78, 5) is 12.7. The van der Waals surface area contributed by atoms with Crippen molar-refractivity contribution in [3.63, 3.8) is 0 Å². The molecule has 0 saturated carbocycles. The minimum atomic E-state index is -0.108. The summed E-state index contributed by atoms with van der Waals surface area (Å²) in [5.74, 6) is 0.669. The first-order valence-corrected chi connectivity index (χ1v) is 8.98. The maximum Gasteiger partial charge on any atom is 0.255 e. The lowest BCUT2D eigenvalue weighted by atomic mass is 10.1. The molecule has 140 valence electrons. The second kappa shape index (κ2) is 8.08. The molecule has 5 nitrogen and oxygen atoms in total.